The van der Waals surface area contributed by atoms with Crippen molar-refractivity contribution in [3.63, 3.8) is 0 Å². The third-order valence-corrected chi connectivity index (χ3v) is 3.52. The van der Waals surface area contributed by atoms with Gasteiger partial charge in [-0.3, -0.25) is 0 Å². The molecule has 0 aliphatic rings. The molecule has 0 saturated heterocycles. The molecule has 88 valence electrons. The fraction of sp³-hybridized carbons (Fsp3) is 0. The minimum atomic E-state index is -0.595. The average molecular weight is 280 g/mol. The van der Waals surface area contributed by atoms with Gasteiger partial charge in [-0.2, -0.15) is 5.26 Å². The van der Waals surface area contributed by atoms with Crippen molar-refractivity contribution in [1.82, 2.24) is 9.97 Å². The van der Waals surface area contributed by atoms with E-state index in [9.17, 15) is 4.39 Å². The predicted molar refractivity (Wildman–Crippen MR) is 68.3 cm³/mol. The number of rotatable bonds is 0. The van der Waals surface area contributed by atoms with Gasteiger partial charge in [0.05, 0.1) is 15.6 Å². The molecule has 3 nitrogen and oxygen atoms in total. The van der Waals surface area contributed by atoms with E-state index in [0.717, 1.165) is 0 Å². The first-order valence-electron chi connectivity index (χ1n) is 4.97. The third-order valence-electron chi connectivity index (χ3n) is 2.74. The number of nitrogens with zero attached hydrogens (tertiary/aromatic N) is 2. The Hall–Kier alpha value is -1.83. The molecule has 0 unspecified atom stereocenters. The Morgan fingerprint density at radius 1 is 1.28 bits per heavy atom. The van der Waals surface area contributed by atoms with E-state index in [1.807, 2.05) is 6.07 Å². The fourth-order valence-electron chi connectivity index (χ4n) is 1.97. The Morgan fingerprint density at radius 3 is 2.78 bits per heavy atom. The maximum Gasteiger partial charge on any atom is 0.141 e. The minimum absolute atomic E-state index is 0.0651. The van der Waals surface area contributed by atoms with Crippen LogP contribution in [-0.2, 0) is 0 Å². The molecule has 0 amide bonds. The topological polar surface area (TPSA) is 52.5 Å². The summed E-state index contributed by atoms with van der Waals surface area (Å²) < 4.78 is 13.6. The second-order valence-corrected chi connectivity index (χ2v) is 4.51. The van der Waals surface area contributed by atoms with E-state index in [1.165, 1.54) is 18.3 Å². The molecule has 0 spiro atoms. The lowest BCUT2D eigenvalue weighted by Gasteiger charge is -1.99. The van der Waals surface area contributed by atoms with Crippen molar-refractivity contribution in [2.75, 3.05) is 0 Å². The molecular weight excluding hydrogens is 276 g/mol. The molecule has 3 aromatic rings. The van der Waals surface area contributed by atoms with E-state index >= 15 is 0 Å². The fourth-order valence-corrected chi connectivity index (χ4v) is 2.34. The molecule has 2 aromatic heterocycles. The van der Waals surface area contributed by atoms with Gasteiger partial charge >= 0.3 is 0 Å². The highest BCUT2D eigenvalue weighted by atomic mass is 35.5. The Kier molecular flexibility index (Phi) is 2.40. The minimum Gasteiger partial charge on any atom is -0.339 e. The van der Waals surface area contributed by atoms with Gasteiger partial charge in [-0.1, -0.05) is 23.2 Å². The summed E-state index contributed by atoms with van der Waals surface area (Å²) in [5.74, 6) is -0.595. The molecule has 6 heteroatoms. The van der Waals surface area contributed by atoms with Crippen molar-refractivity contribution in [3.05, 3.63) is 39.8 Å². The van der Waals surface area contributed by atoms with E-state index in [-0.39, 0.29) is 15.6 Å². The summed E-state index contributed by atoms with van der Waals surface area (Å²) in [7, 11) is 0. The first-order valence-corrected chi connectivity index (χ1v) is 5.73. The van der Waals surface area contributed by atoms with Gasteiger partial charge in [-0.25, -0.2) is 9.37 Å². The van der Waals surface area contributed by atoms with Crippen LogP contribution in [0.15, 0.2) is 18.3 Å². The van der Waals surface area contributed by atoms with Gasteiger partial charge in [0, 0.05) is 22.5 Å². The molecule has 2 heterocycles. The van der Waals surface area contributed by atoms with Crippen LogP contribution in [0, 0.1) is 17.1 Å². The van der Waals surface area contributed by atoms with Crippen LogP contribution in [0.1, 0.15) is 5.56 Å². The lowest BCUT2D eigenvalue weighted by molar-refractivity contribution is 0.626. The summed E-state index contributed by atoms with van der Waals surface area (Å²) >= 11 is 12.0. The van der Waals surface area contributed by atoms with Crippen molar-refractivity contribution in [1.29, 1.82) is 5.26 Å². The number of fused-ring (bicyclic) bond motifs is 3. The first kappa shape index (κ1) is 11.3. The van der Waals surface area contributed by atoms with Crippen molar-refractivity contribution in [2.45, 2.75) is 0 Å². The monoisotopic (exact) mass is 279 g/mol. The molecule has 18 heavy (non-hydrogen) atoms. The highest BCUT2D eigenvalue weighted by Gasteiger charge is 2.17. The number of nitrogens with one attached hydrogen (secondary N) is 1. The summed E-state index contributed by atoms with van der Waals surface area (Å²) in [4.78, 5) is 7.06. The molecule has 0 aliphatic carbocycles. The summed E-state index contributed by atoms with van der Waals surface area (Å²) in [6.45, 7) is 0. The molecule has 0 fully saturated rings. The summed E-state index contributed by atoms with van der Waals surface area (Å²) in [5, 5.41) is 10.5. The van der Waals surface area contributed by atoms with E-state index in [2.05, 4.69) is 9.97 Å². The Labute approximate surface area is 111 Å². The smallest absolute Gasteiger partial charge is 0.141 e. The van der Waals surface area contributed by atoms with Gasteiger partial charge in [-0.15, -0.1) is 0 Å². The maximum atomic E-state index is 13.6. The second-order valence-electron chi connectivity index (χ2n) is 3.73. The van der Waals surface area contributed by atoms with E-state index in [4.69, 9.17) is 28.5 Å². The first-order chi connectivity index (χ1) is 8.63. The van der Waals surface area contributed by atoms with E-state index in [1.54, 1.807) is 0 Å². The Balaban J connectivity index is 2.67. The second kappa shape index (κ2) is 3.84. The lowest BCUT2D eigenvalue weighted by Crippen LogP contribution is -1.84. The number of hydrogen-bond acceptors (Lipinski definition) is 2. The molecule has 3 rings (SSSR count). The number of H-pyrrole nitrogens is 1. The van der Waals surface area contributed by atoms with Gasteiger partial charge in [0.1, 0.15) is 17.5 Å². The van der Waals surface area contributed by atoms with Gasteiger partial charge < -0.3 is 4.98 Å². The van der Waals surface area contributed by atoms with Gasteiger partial charge in [0.2, 0.25) is 0 Å². The van der Waals surface area contributed by atoms with Crippen molar-refractivity contribution < 1.29 is 4.39 Å². The molecule has 0 radical (unpaired) electrons. The standard InChI is InChI=1S/C12H4Cl2FN3/c13-6-4-17-12-10(11(6)14)9-5(3-16)7(15)1-2-8(9)18-12/h1-2,4H,(H,17,18). The van der Waals surface area contributed by atoms with Gasteiger partial charge in [0.25, 0.3) is 0 Å². The Bertz CT molecular complexity index is 833. The summed E-state index contributed by atoms with van der Waals surface area (Å²) in [6, 6.07) is 4.61. The normalized spacial score (nSPS) is 11.0. The molecule has 0 bridgehead atoms. The van der Waals surface area contributed by atoms with Crippen LogP contribution < -0.4 is 0 Å². The van der Waals surface area contributed by atoms with Crippen LogP contribution in [0.4, 0.5) is 4.39 Å². The molecule has 1 N–H and O–H groups in total. The molecule has 1 aromatic carbocycles. The lowest BCUT2D eigenvalue weighted by atomic mass is 10.1. The van der Waals surface area contributed by atoms with Crippen molar-refractivity contribution in [2.24, 2.45) is 0 Å². The molecule has 0 atom stereocenters. The number of hydrogen-bond donors (Lipinski definition) is 1. The SMILES string of the molecule is N#Cc1c(F)ccc2[nH]c3ncc(Cl)c(Cl)c3c12. The summed E-state index contributed by atoms with van der Waals surface area (Å²) in [5.41, 5.74) is 1.01. The van der Waals surface area contributed by atoms with E-state index in [0.29, 0.717) is 21.9 Å². The van der Waals surface area contributed by atoms with E-state index < -0.39 is 5.82 Å². The maximum absolute atomic E-state index is 13.6. The highest BCUT2D eigenvalue weighted by molar-refractivity contribution is 6.46. The quantitative estimate of drug-likeness (QED) is 0.675. The van der Waals surface area contributed by atoms with Crippen LogP contribution in [0.5, 0.6) is 0 Å². The van der Waals surface area contributed by atoms with Crippen molar-refractivity contribution in [3.8, 4) is 6.07 Å². The number of aromatic amines is 1. The number of halogens is 3. The molecule has 0 saturated carbocycles. The zero-order valence-corrected chi connectivity index (χ0v) is 10.3. The van der Waals surface area contributed by atoms with Gasteiger partial charge in [-0.05, 0) is 12.1 Å². The van der Waals surface area contributed by atoms with Crippen molar-refractivity contribution >= 4 is 45.1 Å². The van der Waals surface area contributed by atoms with Crippen LogP contribution in [0.2, 0.25) is 10.0 Å². The molecular formula is C12H4Cl2FN3. The zero-order chi connectivity index (χ0) is 12.9. The van der Waals surface area contributed by atoms with Crippen LogP contribution in [0.25, 0.3) is 21.9 Å². The van der Waals surface area contributed by atoms with Gasteiger partial charge in [0.15, 0.2) is 0 Å². The largest absolute Gasteiger partial charge is 0.339 e. The number of pyridine rings is 1. The third kappa shape index (κ3) is 1.38. The Morgan fingerprint density at radius 2 is 2.06 bits per heavy atom. The predicted octanol–water partition coefficient (Wildman–Crippen LogP) is 4.03. The number of nitriles is 1. The molecule has 0 aliphatic heterocycles. The highest BCUT2D eigenvalue weighted by Crippen LogP contribution is 2.36. The van der Waals surface area contributed by atoms with Crippen LogP contribution in [-0.4, -0.2) is 9.97 Å². The average Bonchev–Trinajstić information content (AvgIpc) is 2.73. The zero-order valence-electron chi connectivity index (χ0n) is 8.76. The number of benzene rings is 1. The summed E-state index contributed by atoms with van der Waals surface area (Å²) in [6.07, 6.45) is 1.41. The van der Waals surface area contributed by atoms with Crippen LogP contribution in [0.3, 0.4) is 0 Å². The number of aromatic nitrogens is 2. The van der Waals surface area contributed by atoms with Crippen LogP contribution >= 0.6 is 23.2 Å².